The van der Waals surface area contributed by atoms with Gasteiger partial charge in [-0.3, -0.25) is 9.59 Å². The van der Waals surface area contributed by atoms with Crippen molar-refractivity contribution in [2.45, 2.75) is 44.2 Å². The molecule has 146 valence electrons. The largest absolute Gasteiger partial charge is 0.351 e. The summed E-state index contributed by atoms with van der Waals surface area (Å²) in [6.07, 6.45) is 0.686. The average Bonchev–Trinajstić information content (AvgIpc) is 3.14. The average molecular weight is 414 g/mol. The van der Waals surface area contributed by atoms with Gasteiger partial charge in [0.1, 0.15) is 10.8 Å². The van der Waals surface area contributed by atoms with Gasteiger partial charge in [0.15, 0.2) is 5.82 Å². The number of Topliss-reactive ketones (excluding diaryl/α,β-unsaturated/α-hetero) is 1. The molecule has 0 unspecified atom stereocenters. The number of rotatable bonds is 8. The van der Waals surface area contributed by atoms with Crippen molar-refractivity contribution in [2.75, 3.05) is 5.75 Å². The van der Waals surface area contributed by atoms with Gasteiger partial charge in [0.2, 0.25) is 5.91 Å². The van der Waals surface area contributed by atoms with Crippen molar-refractivity contribution in [1.82, 2.24) is 15.3 Å². The second kappa shape index (κ2) is 8.84. The number of nitrogens with zero attached hydrogens (tertiary/aromatic N) is 2. The summed E-state index contributed by atoms with van der Waals surface area (Å²) < 4.78 is 0. The smallest absolute Gasteiger partial charge is 0.221 e. The van der Waals surface area contributed by atoms with Gasteiger partial charge in [-0.05, 0) is 38.3 Å². The lowest BCUT2D eigenvalue weighted by Crippen LogP contribution is -2.44. The Labute approximate surface area is 173 Å². The predicted octanol–water partition coefficient (Wildman–Crippen LogP) is 4.71. The number of fused-ring (bicyclic) bond motifs is 1. The summed E-state index contributed by atoms with van der Waals surface area (Å²) in [5, 5.41) is 6.82. The van der Waals surface area contributed by atoms with Crippen LogP contribution in [0.3, 0.4) is 0 Å². The Kier molecular flexibility index (Phi) is 6.46. The van der Waals surface area contributed by atoms with Crippen LogP contribution in [0, 0.1) is 0 Å². The second-order valence-electron chi connectivity index (χ2n) is 7.26. The molecule has 7 heteroatoms. The maximum Gasteiger partial charge on any atom is 0.221 e. The van der Waals surface area contributed by atoms with Gasteiger partial charge in [-0.1, -0.05) is 24.3 Å². The number of carbonyl (C=O) groups is 2. The fourth-order valence-electron chi connectivity index (χ4n) is 3.02. The first-order chi connectivity index (χ1) is 13.3. The fraction of sp³-hybridized carbons (Fsp3) is 0.333. The second-order valence-corrected chi connectivity index (χ2v) is 9.29. The van der Waals surface area contributed by atoms with Gasteiger partial charge in [-0.15, -0.1) is 23.1 Å². The van der Waals surface area contributed by atoms with Crippen molar-refractivity contribution in [2.24, 2.45) is 0 Å². The molecule has 2 heterocycles. The van der Waals surface area contributed by atoms with Crippen molar-refractivity contribution >= 4 is 45.7 Å². The van der Waals surface area contributed by atoms with Crippen molar-refractivity contribution < 1.29 is 9.59 Å². The van der Waals surface area contributed by atoms with Gasteiger partial charge in [0.25, 0.3) is 0 Å². The Balaban J connectivity index is 1.70. The lowest BCUT2D eigenvalue weighted by atomic mass is 9.98. The molecule has 0 atom stereocenters. The molecule has 28 heavy (non-hydrogen) atoms. The first-order valence-corrected chi connectivity index (χ1v) is 10.9. The van der Waals surface area contributed by atoms with Crippen LogP contribution in [-0.2, 0) is 9.59 Å². The highest BCUT2D eigenvalue weighted by molar-refractivity contribution is 7.99. The molecule has 5 nitrogen and oxygen atoms in total. The Morgan fingerprint density at radius 2 is 1.93 bits per heavy atom. The zero-order valence-electron chi connectivity index (χ0n) is 16.2. The number of thioether (sulfide) groups is 1. The third-order valence-corrected chi connectivity index (χ3v) is 5.91. The minimum absolute atomic E-state index is 0.0596. The monoisotopic (exact) mass is 413 g/mol. The van der Waals surface area contributed by atoms with E-state index >= 15 is 0 Å². The summed E-state index contributed by atoms with van der Waals surface area (Å²) in [6.45, 7) is 5.27. The number of benzene rings is 1. The van der Waals surface area contributed by atoms with Gasteiger partial charge in [0, 0.05) is 29.5 Å². The van der Waals surface area contributed by atoms with Crippen molar-refractivity contribution in [3.8, 4) is 10.7 Å². The molecule has 0 saturated carbocycles. The van der Waals surface area contributed by atoms with E-state index < -0.39 is 5.54 Å². The van der Waals surface area contributed by atoms with Crippen LogP contribution in [0.25, 0.3) is 21.6 Å². The molecular weight excluding hydrogens is 390 g/mol. The molecule has 0 aliphatic heterocycles. The lowest BCUT2D eigenvalue weighted by molar-refractivity contribution is -0.123. The maximum atomic E-state index is 12.3. The van der Waals surface area contributed by atoms with Crippen LogP contribution in [0.4, 0.5) is 0 Å². The fourth-order valence-corrected chi connectivity index (χ4v) is 4.64. The molecule has 3 aromatic rings. The first-order valence-electron chi connectivity index (χ1n) is 9.08. The van der Waals surface area contributed by atoms with Crippen LogP contribution in [0.1, 0.15) is 33.6 Å². The van der Waals surface area contributed by atoms with Gasteiger partial charge in [-0.25, -0.2) is 9.97 Å². The molecule has 3 rings (SSSR count). The van der Waals surface area contributed by atoms with Crippen molar-refractivity contribution in [3.63, 3.8) is 0 Å². The molecule has 1 N–H and O–H groups in total. The van der Waals surface area contributed by atoms with Crippen molar-refractivity contribution in [3.05, 3.63) is 41.8 Å². The molecule has 2 aromatic heterocycles. The number of amides is 1. The van der Waals surface area contributed by atoms with Gasteiger partial charge >= 0.3 is 0 Å². The van der Waals surface area contributed by atoms with Crippen LogP contribution in [0.15, 0.2) is 46.8 Å². The summed E-state index contributed by atoms with van der Waals surface area (Å²) >= 11 is 3.16. The number of para-hydroxylation sites is 1. The number of thiophene rings is 1. The highest BCUT2D eigenvalue weighted by atomic mass is 32.2. The Morgan fingerprint density at radius 1 is 1.14 bits per heavy atom. The van der Waals surface area contributed by atoms with Crippen LogP contribution < -0.4 is 5.32 Å². The van der Waals surface area contributed by atoms with Crippen molar-refractivity contribution in [1.29, 1.82) is 0 Å². The van der Waals surface area contributed by atoms with E-state index in [0.29, 0.717) is 24.4 Å². The molecule has 0 bridgehead atoms. The molecule has 0 aliphatic rings. The summed E-state index contributed by atoms with van der Waals surface area (Å²) in [5.41, 5.74) is 0.372. The molecular formula is C21H23N3O2S2. The first kappa shape index (κ1) is 20.5. The summed E-state index contributed by atoms with van der Waals surface area (Å²) in [5.74, 6) is 1.32. The van der Waals surface area contributed by atoms with Gasteiger partial charge < -0.3 is 5.32 Å². The van der Waals surface area contributed by atoms with Crippen LogP contribution in [0.5, 0.6) is 0 Å². The van der Waals surface area contributed by atoms with E-state index in [4.69, 9.17) is 4.98 Å². The third-order valence-electron chi connectivity index (χ3n) is 4.05. The molecule has 0 spiro atoms. The molecule has 0 aliphatic carbocycles. The Bertz CT molecular complexity index is 984. The summed E-state index contributed by atoms with van der Waals surface area (Å²) in [6, 6.07) is 11.9. The van der Waals surface area contributed by atoms with Crippen LogP contribution >= 0.6 is 23.1 Å². The predicted molar refractivity (Wildman–Crippen MR) is 116 cm³/mol. The minimum atomic E-state index is -0.526. The van der Waals surface area contributed by atoms with E-state index in [9.17, 15) is 9.59 Å². The normalized spacial score (nSPS) is 11.5. The maximum absolute atomic E-state index is 12.3. The minimum Gasteiger partial charge on any atom is -0.351 e. The Hall–Kier alpha value is -2.25. The van der Waals surface area contributed by atoms with E-state index in [-0.39, 0.29) is 11.7 Å². The SMILES string of the molecule is CC(=O)CC(C)(C)NC(=O)CCSc1nc(-c2cccs2)nc2ccccc12. The number of carbonyl (C=O) groups excluding carboxylic acids is 2. The zero-order chi connectivity index (χ0) is 20.1. The summed E-state index contributed by atoms with van der Waals surface area (Å²) in [7, 11) is 0. The molecule has 1 aromatic carbocycles. The quantitative estimate of drug-likeness (QED) is 0.427. The van der Waals surface area contributed by atoms with E-state index in [1.165, 1.54) is 6.92 Å². The van der Waals surface area contributed by atoms with Gasteiger partial charge in [-0.2, -0.15) is 0 Å². The standard InChI is InChI=1S/C21H23N3O2S2/c1-14(25)13-21(2,3)24-18(26)10-12-28-20-15-7-4-5-8-16(15)22-19(23-20)17-9-6-11-27-17/h4-9,11H,10,12-13H2,1-3H3,(H,24,26). The number of ketones is 1. The van der Waals surface area contributed by atoms with E-state index in [0.717, 1.165) is 20.8 Å². The molecule has 0 radical (unpaired) electrons. The lowest BCUT2D eigenvalue weighted by Gasteiger charge is -2.25. The van der Waals surface area contributed by atoms with E-state index in [2.05, 4.69) is 10.3 Å². The van der Waals surface area contributed by atoms with Crippen LogP contribution in [0.2, 0.25) is 0 Å². The molecule has 0 fully saturated rings. The highest BCUT2D eigenvalue weighted by Gasteiger charge is 2.22. The molecule has 1 amide bonds. The topological polar surface area (TPSA) is 72.0 Å². The number of aromatic nitrogens is 2. The Morgan fingerprint density at radius 3 is 2.64 bits per heavy atom. The van der Waals surface area contributed by atoms with E-state index in [1.807, 2.05) is 55.6 Å². The van der Waals surface area contributed by atoms with E-state index in [1.54, 1.807) is 23.1 Å². The number of hydrogen-bond acceptors (Lipinski definition) is 6. The third kappa shape index (κ3) is 5.39. The zero-order valence-corrected chi connectivity index (χ0v) is 17.8. The van der Waals surface area contributed by atoms with Crippen LogP contribution in [-0.4, -0.2) is 33.0 Å². The summed E-state index contributed by atoms with van der Waals surface area (Å²) in [4.78, 5) is 34.0. The highest BCUT2D eigenvalue weighted by Crippen LogP contribution is 2.30. The van der Waals surface area contributed by atoms with Gasteiger partial charge in [0.05, 0.1) is 10.4 Å². The number of nitrogens with one attached hydrogen (secondary N) is 1. The molecule has 0 saturated heterocycles. The number of hydrogen-bond donors (Lipinski definition) is 1.